The molecule has 0 aromatic carbocycles. The van der Waals surface area contributed by atoms with Crippen LogP contribution < -0.4 is 21.7 Å². The summed E-state index contributed by atoms with van der Waals surface area (Å²) in [6.45, 7) is 16.1. The second-order valence-electron chi connectivity index (χ2n) is 12.0. The summed E-state index contributed by atoms with van der Waals surface area (Å²) in [4.78, 5) is 76.4. The van der Waals surface area contributed by atoms with Crippen molar-refractivity contribution in [1.82, 2.24) is 20.9 Å². The van der Waals surface area contributed by atoms with Gasteiger partial charge in [-0.05, 0) is 28.6 Å². The highest BCUT2D eigenvalue weighted by molar-refractivity contribution is 6.36. The molecule has 1 saturated carbocycles. The highest BCUT2D eigenvalue weighted by Crippen LogP contribution is 2.65. The summed E-state index contributed by atoms with van der Waals surface area (Å²) in [7, 11) is 0. The van der Waals surface area contributed by atoms with Crippen LogP contribution in [0.5, 0.6) is 0 Å². The molecule has 38 heavy (non-hydrogen) atoms. The zero-order chi connectivity index (χ0) is 29.2. The molecule has 0 spiro atoms. The summed E-state index contributed by atoms with van der Waals surface area (Å²) in [6, 6.07) is -3.60. The van der Waals surface area contributed by atoms with Crippen molar-refractivity contribution in [1.29, 1.82) is 0 Å². The van der Waals surface area contributed by atoms with E-state index in [1.165, 1.54) is 11.0 Å². The number of ether oxygens (including phenoxy) is 1. The van der Waals surface area contributed by atoms with Gasteiger partial charge in [0.15, 0.2) is 0 Å². The number of hydrogen-bond donors (Lipinski definition) is 4. The molecule has 12 heteroatoms. The lowest BCUT2D eigenvalue weighted by molar-refractivity contribution is -0.145. The molecule has 0 aromatic rings. The maximum absolute atomic E-state index is 13.8. The lowest BCUT2D eigenvalue weighted by Crippen LogP contribution is -2.61. The first-order valence-corrected chi connectivity index (χ1v) is 12.7. The van der Waals surface area contributed by atoms with Crippen molar-refractivity contribution in [2.75, 3.05) is 19.7 Å². The van der Waals surface area contributed by atoms with Gasteiger partial charge in [0.25, 0.3) is 5.91 Å². The van der Waals surface area contributed by atoms with Crippen LogP contribution in [0.3, 0.4) is 0 Å². The number of nitrogens with two attached hydrogens (primary N) is 1. The molecule has 2 fully saturated rings. The fourth-order valence-corrected chi connectivity index (χ4v) is 5.03. The predicted molar refractivity (Wildman–Crippen MR) is 138 cm³/mol. The Morgan fingerprint density at radius 3 is 2.24 bits per heavy atom. The van der Waals surface area contributed by atoms with Crippen LogP contribution in [-0.2, 0) is 28.7 Å². The Hall–Kier alpha value is -3.44. The zero-order valence-corrected chi connectivity index (χ0v) is 23.3. The SMILES string of the molecule is C=CCOC(=O)[C@@H](NC(=O)N[C@H](C(=O)N1C[C@H]2[C@@H]([C@H]1C(=O)NCC(=O)C(N)=O)C2(C)C)C(C)(C)C)C(C)C. The average molecular weight is 536 g/mol. The predicted octanol–water partition coefficient (Wildman–Crippen LogP) is 0.108. The summed E-state index contributed by atoms with van der Waals surface area (Å²) >= 11 is 0. The third-order valence-electron chi connectivity index (χ3n) is 7.40. The first-order chi connectivity index (χ1) is 17.4. The number of urea groups is 1. The molecule has 212 valence electrons. The van der Waals surface area contributed by atoms with E-state index in [-0.39, 0.29) is 29.8 Å². The van der Waals surface area contributed by atoms with Gasteiger partial charge in [-0.1, -0.05) is 61.1 Å². The van der Waals surface area contributed by atoms with Crippen LogP contribution in [0.4, 0.5) is 4.79 Å². The van der Waals surface area contributed by atoms with Gasteiger partial charge in [-0.15, -0.1) is 0 Å². The number of nitrogens with zero attached hydrogens (tertiary/aromatic N) is 1. The minimum absolute atomic E-state index is 0.00339. The Kier molecular flexibility index (Phi) is 9.34. The number of rotatable bonds is 11. The molecular weight excluding hydrogens is 494 g/mol. The molecule has 0 unspecified atom stereocenters. The molecule has 2 aliphatic rings. The monoisotopic (exact) mass is 535 g/mol. The summed E-state index contributed by atoms with van der Waals surface area (Å²) < 4.78 is 5.08. The molecule has 1 aliphatic heterocycles. The Morgan fingerprint density at radius 1 is 1.13 bits per heavy atom. The fourth-order valence-electron chi connectivity index (χ4n) is 5.03. The van der Waals surface area contributed by atoms with E-state index >= 15 is 0 Å². The molecule has 5 amide bonds. The van der Waals surface area contributed by atoms with E-state index in [0.717, 1.165) is 0 Å². The second-order valence-corrected chi connectivity index (χ2v) is 12.0. The number of carbonyl (C=O) groups excluding carboxylic acids is 6. The first kappa shape index (κ1) is 30.8. The molecule has 0 bridgehead atoms. The quantitative estimate of drug-likeness (QED) is 0.165. The van der Waals surface area contributed by atoms with Gasteiger partial charge in [0, 0.05) is 6.54 Å². The molecule has 5 atom stereocenters. The van der Waals surface area contributed by atoms with Gasteiger partial charge in [-0.2, -0.15) is 0 Å². The van der Waals surface area contributed by atoms with Crippen molar-refractivity contribution in [3.05, 3.63) is 12.7 Å². The van der Waals surface area contributed by atoms with Crippen molar-refractivity contribution >= 4 is 35.5 Å². The zero-order valence-electron chi connectivity index (χ0n) is 23.3. The third-order valence-corrected chi connectivity index (χ3v) is 7.40. The summed E-state index contributed by atoms with van der Waals surface area (Å²) in [6.07, 6.45) is 1.42. The standard InChI is InChI=1S/C26H41N5O7/c1-9-10-38-23(36)17(13(2)3)29-24(37)30-19(25(4,5)6)22(35)31-12-14-16(26(14,7)8)18(31)21(34)28-11-15(32)20(27)33/h9,13-14,16-19H,1,10-12H2,2-8H3,(H2,27,33)(H,28,34)(H2,29,30,37)/t14-,16-,17-,18-,19+/m0/s1. The Labute approximate surface area is 223 Å². The Bertz CT molecular complexity index is 1000. The van der Waals surface area contributed by atoms with E-state index < -0.39 is 65.6 Å². The number of Topliss-reactive ketones (excluding diaryl/α,β-unsaturated/α-hetero) is 1. The Balaban J connectivity index is 2.22. The van der Waals surface area contributed by atoms with Gasteiger partial charge in [-0.25, -0.2) is 9.59 Å². The van der Waals surface area contributed by atoms with E-state index in [0.29, 0.717) is 6.54 Å². The van der Waals surface area contributed by atoms with E-state index in [4.69, 9.17) is 10.5 Å². The summed E-state index contributed by atoms with van der Waals surface area (Å²) in [5, 5.41) is 7.71. The molecule has 5 N–H and O–H groups in total. The smallest absolute Gasteiger partial charge is 0.329 e. The maximum Gasteiger partial charge on any atom is 0.329 e. The fraction of sp³-hybridized carbons (Fsp3) is 0.692. The van der Waals surface area contributed by atoms with Crippen molar-refractivity contribution in [3.8, 4) is 0 Å². The van der Waals surface area contributed by atoms with Crippen LogP contribution >= 0.6 is 0 Å². The van der Waals surface area contributed by atoms with Gasteiger partial charge >= 0.3 is 12.0 Å². The molecule has 0 radical (unpaired) electrons. The number of primary amides is 1. The second kappa shape index (κ2) is 11.5. The lowest BCUT2D eigenvalue weighted by Gasteiger charge is -2.37. The number of ketones is 1. The van der Waals surface area contributed by atoms with Gasteiger partial charge < -0.3 is 31.3 Å². The number of piperidine rings is 1. The maximum atomic E-state index is 13.8. The molecule has 12 nitrogen and oxygen atoms in total. The van der Waals surface area contributed by atoms with Gasteiger partial charge in [0.1, 0.15) is 24.7 Å². The molecule has 1 aliphatic carbocycles. The van der Waals surface area contributed by atoms with E-state index in [1.807, 2.05) is 13.8 Å². The van der Waals surface area contributed by atoms with Crippen LogP contribution in [0.2, 0.25) is 0 Å². The first-order valence-electron chi connectivity index (χ1n) is 12.7. The lowest BCUT2D eigenvalue weighted by atomic mass is 9.85. The molecule has 2 rings (SSSR count). The van der Waals surface area contributed by atoms with Crippen molar-refractivity contribution in [3.63, 3.8) is 0 Å². The van der Waals surface area contributed by atoms with E-state index in [2.05, 4.69) is 22.5 Å². The van der Waals surface area contributed by atoms with E-state index in [1.54, 1.807) is 34.6 Å². The van der Waals surface area contributed by atoms with Crippen LogP contribution in [0.15, 0.2) is 12.7 Å². The molecule has 1 heterocycles. The summed E-state index contributed by atoms with van der Waals surface area (Å²) in [5.41, 5.74) is 4.03. The normalized spacial score (nSPS) is 22.9. The number of nitrogens with one attached hydrogen (secondary N) is 3. The number of amides is 5. The minimum Gasteiger partial charge on any atom is -0.460 e. The minimum atomic E-state index is -1.16. The molecule has 1 saturated heterocycles. The average Bonchev–Trinajstić information content (AvgIpc) is 3.14. The topological polar surface area (TPSA) is 177 Å². The van der Waals surface area contributed by atoms with Crippen molar-refractivity contribution < 1.29 is 33.5 Å². The molecular formula is C26H41N5O7. The van der Waals surface area contributed by atoms with Gasteiger partial charge in [-0.3, -0.25) is 19.2 Å². The third kappa shape index (κ3) is 6.70. The highest BCUT2D eigenvalue weighted by Gasteiger charge is 2.69. The number of fused-ring (bicyclic) bond motifs is 1. The highest BCUT2D eigenvalue weighted by atomic mass is 16.5. The van der Waals surface area contributed by atoms with Gasteiger partial charge in [0.05, 0.1) is 6.54 Å². The Morgan fingerprint density at radius 2 is 1.74 bits per heavy atom. The molecule has 0 aromatic heterocycles. The largest absolute Gasteiger partial charge is 0.460 e. The summed E-state index contributed by atoms with van der Waals surface area (Å²) in [5.74, 6) is -4.13. The van der Waals surface area contributed by atoms with Crippen LogP contribution in [0.25, 0.3) is 0 Å². The van der Waals surface area contributed by atoms with E-state index in [9.17, 15) is 28.8 Å². The van der Waals surface area contributed by atoms with Gasteiger partial charge in [0.2, 0.25) is 17.6 Å². The van der Waals surface area contributed by atoms with Crippen molar-refractivity contribution in [2.24, 2.45) is 34.3 Å². The van der Waals surface area contributed by atoms with Crippen LogP contribution in [0.1, 0.15) is 48.5 Å². The van der Waals surface area contributed by atoms with Crippen molar-refractivity contribution in [2.45, 2.75) is 66.6 Å². The number of hydrogen-bond acceptors (Lipinski definition) is 7. The van der Waals surface area contributed by atoms with Crippen LogP contribution in [0, 0.1) is 28.6 Å². The van der Waals surface area contributed by atoms with Crippen LogP contribution in [-0.4, -0.2) is 78.2 Å². The number of likely N-dealkylation sites (tertiary alicyclic amines) is 1. The number of carbonyl (C=O) groups is 6. The number of esters is 1.